The van der Waals surface area contributed by atoms with Gasteiger partial charge in [0, 0.05) is 29.3 Å². The number of benzene rings is 2. The quantitative estimate of drug-likeness (QED) is 0.721. The molecule has 27 heavy (non-hydrogen) atoms. The van der Waals surface area contributed by atoms with Gasteiger partial charge in [-0.2, -0.15) is 0 Å². The first-order valence-corrected chi connectivity index (χ1v) is 9.27. The van der Waals surface area contributed by atoms with E-state index < -0.39 is 12.1 Å². The zero-order chi connectivity index (χ0) is 18.8. The number of ether oxygens (including phenoxy) is 1. The summed E-state index contributed by atoms with van der Waals surface area (Å²) in [6, 6.07) is 15.7. The van der Waals surface area contributed by atoms with E-state index in [2.05, 4.69) is 4.98 Å². The van der Waals surface area contributed by atoms with Crippen molar-refractivity contribution < 1.29 is 14.3 Å². The lowest BCUT2D eigenvalue weighted by Gasteiger charge is -2.31. The van der Waals surface area contributed by atoms with Crippen LogP contribution in [0.4, 0.5) is 5.69 Å². The molecule has 0 spiro atoms. The van der Waals surface area contributed by atoms with Gasteiger partial charge in [0.2, 0.25) is 0 Å². The van der Waals surface area contributed by atoms with Gasteiger partial charge in [0.15, 0.2) is 6.10 Å². The van der Waals surface area contributed by atoms with Crippen LogP contribution in [-0.4, -0.2) is 29.5 Å². The molecule has 138 valence electrons. The number of anilines is 1. The van der Waals surface area contributed by atoms with Gasteiger partial charge < -0.3 is 14.6 Å². The Morgan fingerprint density at radius 1 is 1.15 bits per heavy atom. The first kappa shape index (κ1) is 17.3. The van der Waals surface area contributed by atoms with Crippen molar-refractivity contribution in [1.29, 1.82) is 0 Å². The average molecular weight is 362 g/mol. The van der Waals surface area contributed by atoms with Gasteiger partial charge in [0.1, 0.15) is 0 Å². The Kier molecular flexibility index (Phi) is 4.67. The first-order chi connectivity index (χ1) is 13.1. The topological polar surface area (TPSA) is 62.4 Å². The summed E-state index contributed by atoms with van der Waals surface area (Å²) in [5.74, 6) is -0.569. The molecule has 0 saturated heterocycles. The second-order valence-electron chi connectivity index (χ2n) is 6.89. The van der Waals surface area contributed by atoms with Crippen molar-refractivity contribution in [3.05, 3.63) is 65.9 Å². The number of amides is 1. The molecule has 0 fully saturated rings. The minimum atomic E-state index is -0.811. The molecule has 5 heteroatoms. The Labute approximate surface area is 157 Å². The Morgan fingerprint density at radius 3 is 2.81 bits per heavy atom. The van der Waals surface area contributed by atoms with Crippen LogP contribution in [0.1, 0.15) is 24.5 Å². The maximum atomic E-state index is 12.9. The van der Waals surface area contributed by atoms with E-state index >= 15 is 0 Å². The molecule has 1 N–H and O–H groups in total. The number of aryl methyl sites for hydroxylation is 1. The van der Waals surface area contributed by atoms with Gasteiger partial charge in [-0.25, -0.2) is 0 Å². The molecule has 5 nitrogen and oxygen atoms in total. The number of hydrogen-bond donors (Lipinski definition) is 1. The fourth-order valence-corrected chi connectivity index (χ4v) is 3.70. The van der Waals surface area contributed by atoms with Crippen LogP contribution in [0.5, 0.6) is 0 Å². The van der Waals surface area contributed by atoms with E-state index in [-0.39, 0.29) is 12.3 Å². The number of aromatic nitrogens is 1. The van der Waals surface area contributed by atoms with Crippen LogP contribution in [-0.2, 0) is 27.2 Å². The summed E-state index contributed by atoms with van der Waals surface area (Å²) >= 11 is 0. The number of hydrogen-bond acceptors (Lipinski definition) is 3. The van der Waals surface area contributed by atoms with Crippen LogP contribution in [0.15, 0.2) is 54.7 Å². The number of H-pyrrole nitrogens is 1. The zero-order valence-corrected chi connectivity index (χ0v) is 15.3. The van der Waals surface area contributed by atoms with Gasteiger partial charge in [-0.15, -0.1) is 0 Å². The fourth-order valence-electron chi connectivity index (χ4n) is 3.70. The Hall–Kier alpha value is -3.08. The molecule has 1 aliphatic rings. The van der Waals surface area contributed by atoms with Crippen LogP contribution in [0.25, 0.3) is 10.9 Å². The van der Waals surface area contributed by atoms with E-state index in [4.69, 9.17) is 4.74 Å². The minimum Gasteiger partial charge on any atom is -0.452 e. The fraction of sp³-hybridized carbons (Fsp3) is 0.273. The molecule has 1 aliphatic heterocycles. The summed E-state index contributed by atoms with van der Waals surface area (Å²) in [5, 5.41) is 0.999. The molecule has 2 aromatic carbocycles. The lowest BCUT2D eigenvalue weighted by atomic mass is 10.0. The zero-order valence-electron chi connectivity index (χ0n) is 15.3. The summed E-state index contributed by atoms with van der Waals surface area (Å²) in [6.07, 6.45) is 3.03. The van der Waals surface area contributed by atoms with E-state index in [0.717, 1.165) is 40.6 Å². The van der Waals surface area contributed by atoms with Crippen LogP contribution >= 0.6 is 0 Å². The van der Waals surface area contributed by atoms with Crippen molar-refractivity contribution in [3.63, 3.8) is 0 Å². The summed E-state index contributed by atoms with van der Waals surface area (Å²) in [6.45, 7) is 2.30. The van der Waals surface area contributed by atoms with E-state index in [1.54, 1.807) is 11.8 Å². The van der Waals surface area contributed by atoms with Gasteiger partial charge in [0.05, 0.1) is 6.42 Å². The van der Waals surface area contributed by atoms with Crippen molar-refractivity contribution in [3.8, 4) is 0 Å². The number of aromatic amines is 1. The molecule has 4 rings (SSSR count). The van der Waals surface area contributed by atoms with E-state index in [1.807, 2.05) is 54.7 Å². The molecule has 1 atom stereocenters. The van der Waals surface area contributed by atoms with Gasteiger partial charge in [-0.1, -0.05) is 36.4 Å². The third-order valence-electron chi connectivity index (χ3n) is 5.04. The molecule has 1 amide bonds. The van der Waals surface area contributed by atoms with Crippen molar-refractivity contribution in [1.82, 2.24) is 4.98 Å². The molecule has 0 aliphatic carbocycles. The van der Waals surface area contributed by atoms with Crippen molar-refractivity contribution >= 4 is 28.5 Å². The Morgan fingerprint density at radius 2 is 1.93 bits per heavy atom. The van der Waals surface area contributed by atoms with Crippen LogP contribution in [0.3, 0.4) is 0 Å². The van der Waals surface area contributed by atoms with Crippen LogP contribution in [0.2, 0.25) is 0 Å². The molecular weight excluding hydrogens is 340 g/mol. The highest BCUT2D eigenvalue weighted by molar-refractivity contribution is 5.98. The number of nitrogens with one attached hydrogen (secondary N) is 1. The van der Waals surface area contributed by atoms with Crippen molar-refractivity contribution in [2.75, 3.05) is 11.4 Å². The summed E-state index contributed by atoms with van der Waals surface area (Å²) < 4.78 is 5.46. The molecule has 1 aromatic heterocycles. The molecule has 0 radical (unpaired) electrons. The number of nitrogens with zero attached hydrogens (tertiary/aromatic N) is 1. The second kappa shape index (κ2) is 7.27. The number of carbonyl (C=O) groups excluding carboxylic acids is 2. The lowest BCUT2D eigenvalue weighted by Crippen LogP contribution is -2.42. The number of carbonyl (C=O) groups is 2. The largest absolute Gasteiger partial charge is 0.452 e. The number of fused-ring (bicyclic) bond motifs is 2. The predicted octanol–water partition coefficient (Wildman–Crippen LogP) is 3.62. The SMILES string of the molecule is C[C@H](OC(=O)Cc1c[nH]c2ccccc12)C(=O)N1CCCc2ccccc21. The van der Waals surface area contributed by atoms with E-state index in [1.165, 1.54) is 0 Å². The van der Waals surface area contributed by atoms with Gasteiger partial charge in [-0.05, 0) is 43.0 Å². The number of rotatable bonds is 4. The lowest BCUT2D eigenvalue weighted by molar-refractivity contribution is -0.153. The number of esters is 1. The Bertz CT molecular complexity index is 992. The highest BCUT2D eigenvalue weighted by Gasteiger charge is 2.28. The molecule has 0 saturated carbocycles. The maximum Gasteiger partial charge on any atom is 0.311 e. The number of para-hydroxylation sites is 2. The third-order valence-corrected chi connectivity index (χ3v) is 5.04. The summed E-state index contributed by atoms with van der Waals surface area (Å²) in [4.78, 5) is 30.1. The average Bonchev–Trinajstić information content (AvgIpc) is 3.09. The van der Waals surface area contributed by atoms with E-state index in [0.29, 0.717) is 6.54 Å². The highest BCUT2D eigenvalue weighted by Crippen LogP contribution is 2.27. The van der Waals surface area contributed by atoms with Crippen molar-refractivity contribution in [2.24, 2.45) is 0 Å². The maximum absolute atomic E-state index is 12.9. The molecule has 0 unspecified atom stereocenters. The minimum absolute atomic E-state index is 0.137. The first-order valence-electron chi connectivity index (χ1n) is 9.27. The molecule has 2 heterocycles. The summed E-state index contributed by atoms with van der Waals surface area (Å²) in [5.41, 5.74) is 3.94. The smallest absolute Gasteiger partial charge is 0.311 e. The standard InChI is InChI=1S/C22H22N2O3/c1-15(22(26)24-12-6-8-16-7-2-5-11-20(16)24)27-21(25)13-17-14-23-19-10-4-3-9-18(17)19/h2-5,7,9-11,14-15,23H,6,8,12-13H2,1H3/t15-/m0/s1. The van der Waals surface area contributed by atoms with E-state index in [9.17, 15) is 9.59 Å². The van der Waals surface area contributed by atoms with Gasteiger partial charge >= 0.3 is 5.97 Å². The molecule has 3 aromatic rings. The van der Waals surface area contributed by atoms with Crippen LogP contribution < -0.4 is 4.90 Å². The monoisotopic (exact) mass is 362 g/mol. The molecule has 0 bridgehead atoms. The normalized spacial score (nSPS) is 14.6. The Balaban J connectivity index is 1.44. The molecular formula is C22H22N2O3. The predicted molar refractivity (Wildman–Crippen MR) is 105 cm³/mol. The van der Waals surface area contributed by atoms with Crippen molar-refractivity contribution in [2.45, 2.75) is 32.3 Å². The highest BCUT2D eigenvalue weighted by atomic mass is 16.5. The van der Waals surface area contributed by atoms with Gasteiger partial charge in [-0.3, -0.25) is 9.59 Å². The summed E-state index contributed by atoms with van der Waals surface area (Å²) in [7, 11) is 0. The second-order valence-corrected chi connectivity index (χ2v) is 6.89. The van der Waals surface area contributed by atoms with Crippen LogP contribution in [0, 0.1) is 0 Å². The van der Waals surface area contributed by atoms with Gasteiger partial charge in [0.25, 0.3) is 5.91 Å². The third kappa shape index (κ3) is 3.45.